The number of alkyl halides is 3. The third-order valence-corrected chi connectivity index (χ3v) is 6.25. The number of thiazole rings is 1. The Kier molecular flexibility index (Phi) is 6.51. The summed E-state index contributed by atoms with van der Waals surface area (Å²) in [5, 5.41) is 0.969. The van der Waals surface area contributed by atoms with Crippen LogP contribution in [0.2, 0.25) is 5.02 Å². The van der Waals surface area contributed by atoms with Gasteiger partial charge in [0.05, 0.1) is 38.1 Å². The van der Waals surface area contributed by atoms with Crippen molar-refractivity contribution in [3.05, 3.63) is 57.3 Å². The van der Waals surface area contributed by atoms with Gasteiger partial charge in [0.2, 0.25) is 0 Å². The van der Waals surface area contributed by atoms with E-state index in [-0.39, 0.29) is 15.7 Å². The molecule has 0 saturated heterocycles. The van der Waals surface area contributed by atoms with Crippen LogP contribution in [0.25, 0.3) is 5.57 Å². The molecule has 27 heavy (non-hydrogen) atoms. The van der Waals surface area contributed by atoms with Crippen LogP contribution >= 0.6 is 22.9 Å². The van der Waals surface area contributed by atoms with Crippen LogP contribution in [0.5, 0.6) is 0 Å². The molecule has 0 aliphatic rings. The van der Waals surface area contributed by atoms with Crippen LogP contribution in [-0.4, -0.2) is 20.1 Å². The van der Waals surface area contributed by atoms with Crippen molar-refractivity contribution in [3.63, 3.8) is 0 Å². The van der Waals surface area contributed by atoms with E-state index in [1.165, 1.54) is 17.5 Å². The third kappa shape index (κ3) is 5.37. The highest BCUT2D eigenvalue weighted by atomic mass is 35.5. The second kappa shape index (κ2) is 7.98. The molecule has 2 atom stereocenters. The Morgan fingerprint density at radius 1 is 1.33 bits per heavy atom. The second-order valence-electron chi connectivity index (χ2n) is 6.66. The Balaban J connectivity index is 2.47. The number of nitrogens with zero attached hydrogens (tertiary/aromatic N) is 1. The molecule has 0 fully saturated rings. The summed E-state index contributed by atoms with van der Waals surface area (Å²) in [6, 6.07) is 3.03. The minimum absolute atomic E-state index is 0.156. The molecule has 0 aliphatic heterocycles. The molecular formula is C17H17ClF4N2OS2. The topological polar surface area (TPSA) is 42.0 Å². The van der Waals surface area contributed by atoms with Gasteiger partial charge in [0.15, 0.2) is 0 Å². The van der Waals surface area contributed by atoms with E-state index in [0.717, 1.165) is 17.4 Å². The van der Waals surface area contributed by atoms with Crippen molar-refractivity contribution >= 4 is 39.5 Å². The third-order valence-electron chi connectivity index (χ3n) is 3.48. The molecule has 2 rings (SSSR count). The molecule has 3 nitrogen and oxygen atoms in total. The molecule has 0 radical (unpaired) electrons. The number of aromatic nitrogens is 1. The maximum atomic E-state index is 13.5. The van der Waals surface area contributed by atoms with Gasteiger partial charge in [0.25, 0.3) is 0 Å². The highest BCUT2D eigenvalue weighted by Crippen LogP contribution is 2.36. The number of rotatable bonds is 5. The zero-order chi connectivity index (χ0) is 20.6. The molecular weight excluding hydrogens is 424 g/mol. The van der Waals surface area contributed by atoms with E-state index in [2.05, 4.69) is 16.3 Å². The Hall–Kier alpha value is -1.29. The standard InChI is InChI=1S/C17H17ClF4N2OS2/c1-9(17(20,21)22)15-23-13(8-26-15)14(24-27(25)16(2,3)4)10-5-6-12(19)11(18)7-10/h5-8,14,24H,1H2,2-4H3/t14?,27-/m1/s1. The minimum Gasteiger partial charge on any atom is -0.242 e. The molecule has 2 aromatic rings. The van der Waals surface area contributed by atoms with Crippen molar-refractivity contribution in [2.45, 2.75) is 37.7 Å². The van der Waals surface area contributed by atoms with Crippen molar-refractivity contribution in [2.24, 2.45) is 0 Å². The fraction of sp³-hybridized carbons (Fsp3) is 0.353. The largest absolute Gasteiger partial charge is 0.418 e. The first-order chi connectivity index (χ1) is 12.3. The van der Waals surface area contributed by atoms with Crippen molar-refractivity contribution in [2.75, 3.05) is 0 Å². The van der Waals surface area contributed by atoms with Crippen LogP contribution < -0.4 is 4.72 Å². The van der Waals surface area contributed by atoms with Gasteiger partial charge in [0.1, 0.15) is 10.8 Å². The summed E-state index contributed by atoms with van der Waals surface area (Å²) in [6.45, 7) is 8.26. The molecule has 10 heteroatoms. The molecule has 1 N–H and O–H groups in total. The Morgan fingerprint density at radius 3 is 2.48 bits per heavy atom. The number of benzene rings is 1. The van der Waals surface area contributed by atoms with Crippen LogP contribution in [-0.2, 0) is 11.0 Å². The van der Waals surface area contributed by atoms with Gasteiger partial charge in [0, 0.05) is 5.38 Å². The summed E-state index contributed by atoms with van der Waals surface area (Å²) in [5.74, 6) is -0.638. The monoisotopic (exact) mass is 440 g/mol. The first kappa shape index (κ1) is 22.0. The maximum absolute atomic E-state index is 13.5. The van der Waals surface area contributed by atoms with Crippen molar-refractivity contribution in [3.8, 4) is 0 Å². The predicted molar refractivity (Wildman–Crippen MR) is 101 cm³/mol. The zero-order valence-electron chi connectivity index (χ0n) is 14.7. The van der Waals surface area contributed by atoms with Gasteiger partial charge in [-0.2, -0.15) is 13.2 Å². The van der Waals surface area contributed by atoms with Crippen LogP contribution in [0.4, 0.5) is 17.6 Å². The lowest BCUT2D eigenvalue weighted by Gasteiger charge is -2.24. The molecule has 0 amide bonds. The van der Waals surface area contributed by atoms with Gasteiger partial charge < -0.3 is 0 Å². The lowest BCUT2D eigenvalue weighted by molar-refractivity contribution is -0.0686. The molecule has 148 valence electrons. The Labute approximate surface area is 166 Å². The quantitative estimate of drug-likeness (QED) is 0.610. The van der Waals surface area contributed by atoms with E-state index in [1.54, 1.807) is 20.8 Å². The van der Waals surface area contributed by atoms with Gasteiger partial charge in [-0.3, -0.25) is 0 Å². The summed E-state index contributed by atoms with van der Waals surface area (Å²) in [7, 11) is -1.57. The van der Waals surface area contributed by atoms with Crippen LogP contribution in [0.3, 0.4) is 0 Å². The zero-order valence-corrected chi connectivity index (χ0v) is 17.0. The summed E-state index contributed by atoms with van der Waals surface area (Å²) in [6.07, 6.45) is -4.61. The van der Waals surface area contributed by atoms with Gasteiger partial charge >= 0.3 is 6.18 Å². The van der Waals surface area contributed by atoms with E-state index < -0.39 is 39.3 Å². The van der Waals surface area contributed by atoms with Crippen molar-refractivity contribution in [1.82, 2.24) is 9.71 Å². The van der Waals surface area contributed by atoms with Crippen LogP contribution in [0, 0.1) is 5.82 Å². The smallest absolute Gasteiger partial charge is 0.242 e. The van der Waals surface area contributed by atoms with Gasteiger partial charge in [-0.1, -0.05) is 24.2 Å². The molecule has 1 aromatic carbocycles. The van der Waals surface area contributed by atoms with Crippen molar-refractivity contribution < 1.29 is 21.8 Å². The molecule has 1 heterocycles. The fourth-order valence-corrected chi connectivity index (χ4v) is 3.80. The Bertz CT molecular complexity index is 875. The fourth-order valence-electron chi connectivity index (χ4n) is 1.95. The van der Waals surface area contributed by atoms with Gasteiger partial charge in [-0.15, -0.1) is 11.3 Å². The highest BCUT2D eigenvalue weighted by Gasteiger charge is 2.35. The molecule has 0 saturated carbocycles. The molecule has 0 bridgehead atoms. The normalized spacial score (nSPS) is 14.8. The summed E-state index contributed by atoms with van der Waals surface area (Å²) in [5.41, 5.74) is -0.430. The van der Waals surface area contributed by atoms with E-state index in [4.69, 9.17) is 11.6 Å². The lowest BCUT2D eigenvalue weighted by Crippen LogP contribution is -2.36. The first-order valence-corrected chi connectivity index (χ1v) is 10.1. The second-order valence-corrected chi connectivity index (χ2v) is 9.92. The van der Waals surface area contributed by atoms with E-state index >= 15 is 0 Å². The number of hydrogen-bond acceptors (Lipinski definition) is 3. The first-order valence-electron chi connectivity index (χ1n) is 7.65. The SMILES string of the molecule is C=C(c1nc(C(N[S@](=O)C(C)(C)C)c2ccc(F)c(Cl)c2)cs1)C(F)(F)F. The molecule has 1 aromatic heterocycles. The number of nitrogens with one attached hydrogen (secondary N) is 1. The van der Waals surface area contributed by atoms with Crippen LogP contribution in [0.15, 0.2) is 30.2 Å². The summed E-state index contributed by atoms with van der Waals surface area (Å²) >= 11 is 6.60. The van der Waals surface area contributed by atoms with Gasteiger partial charge in [-0.05, 0) is 38.5 Å². The number of allylic oxidation sites excluding steroid dienone is 1. The molecule has 0 spiro atoms. The lowest BCUT2D eigenvalue weighted by atomic mass is 10.1. The highest BCUT2D eigenvalue weighted by molar-refractivity contribution is 7.84. The molecule has 0 aliphatic carbocycles. The number of halogens is 5. The number of hydrogen-bond donors (Lipinski definition) is 1. The van der Waals surface area contributed by atoms with E-state index in [0.29, 0.717) is 5.56 Å². The van der Waals surface area contributed by atoms with Crippen molar-refractivity contribution in [1.29, 1.82) is 0 Å². The van der Waals surface area contributed by atoms with E-state index in [9.17, 15) is 21.8 Å². The van der Waals surface area contributed by atoms with Gasteiger partial charge in [-0.25, -0.2) is 18.3 Å². The summed E-state index contributed by atoms with van der Waals surface area (Å²) < 4.78 is 66.9. The molecule has 1 unspecified atom stereocenters. The van der Waals surface area contributed by atoms with E-state index in [1.807, 2.05) is 0 Å². The minimum atomic E-state index is -4.61. The Morgan fingerprint density at radius 2 is 1.96 bits per heavy atom. The predicted octanol–water partition coefficient (Wildman–Crippen LogP) is 5.65. The average Bonchev–Trinajstić information content (AvgIpc) is 3.02. The van der Waals surface area contributed by atoms with Crippen LogP contribution in [0.1, 0.15) is 43.1 Å². The maximum Gasteiger partial charge on any atom is 0.418 e. The average molecular weight is 441 g/mol. The summed E-state index contributed by atoms with van der Waals surface area (Å²) in [4.78, 5) is 4.01.